The Bertz CT molecular complexity index is 984. The Morgan fingerprint density at radius 3 is 2.83 bits per heavy atom. The molecule has 29 heavy (non-hydrogen) atoms. The first-order chi connectivity index (χ1) is 14.2. The Balaban J connectivity index is 1.47. The minimum atomic E-state index is -0.311. The quantitative estimate of drug-likeness (QED) is 0.671. The second-order valence-corrected chi connectivity index (χ2v) is 7.86. The first-order valence-corrected chi connectivity index (χ1v) is 10.7. The van der Waals surface area contributed by atoms with Crippen LogP contribution in [0.4, 0.5) is 21.9 Å². The highest BCUT2D eigenvalue weighted by atomic mass is 32.2. The number of nitrogens with zero attached hydrogens (tertiary/aromatic N) is 5. The van der Waals surface area contributed by atoms with Crippen molar-refractivity contribution in [2.45, 2.75) is 13.3 Å². The van der Waals surface area contributed by atoms with Gasteiger partial charge in [0.1, 0.15) is 12.0 Å². The number of hydrogen-bond acceptors (Lipinski definition) is 6. The molecule has 3 aromatic rings. The molecule has 0 saturated carbocycles. The lowest BCUT2D eigenvalue weighted by atomic mass is 10.1. The molecule has 8 nitrogen and oxygen atoms in total. The molecule has 150 valence electrons. The van der Waals surface area contributed by atoms with Gasteiger partial charge in [-0.15, -0.1) is 0 Å². The number of carbonyl (C=O) groups is 1. The maximum Gasteiger partial charge on any atom is 0.323 e. The molecule has 2 amide bonds. The first-order valence-electron chi connectivity index (χ1n) is 9.57. The summed E-state index contributed by atoms with van der Waals surface area (Å²) in [5.41, 5.74) is 3.47. The Morgan fingerprint density at radius 2 is 2.00 bits per heavy atom. The monoisotopic (exact) mass is 409 g/mol. The van der Waals surface area contributed by atoms with E-state index < -0.39 is 0 Å². The fourth-order valence-corrected chi connectivity index (χ4v) is 4.09. The third-order valence-corrected chi connectivity index (χ3v) is 5.62. The fourth-order valence-electron chi connectivity index (χ4n) is 3.19. The van der Waals surface area contributed by atoms with Gasteiger partial charge in [-0.2, -0.15) is 16.9 Å². The van der Waals surface area contributed by atoms with Crippen molar-refractivity contribution in [3.05, 3.63) is 54.7 Å². The first kappa shape index (κ1) is 19.3. The average molecular weight is 410 g/mol. The molecule has 0 atom stereocenters. The second kappa shape index (κ2) is 8.95. The topological polar surface area (TPSA) is 88.0 Å². The van der Waals surface area contributed by atoms with Gasteiger partial charge in [-0.1, -0.05) is 19.1 Å². The molecule has 2 aromatic heterocycles. The molecule has 1 aromatic carbocycles. The molecule has 1 aliphatic rings. The van der Waals surface area contributed by atoms with E-state index in [0.717, 1.165) is 42.4 Å². The summed E-state index contributed by atoms with van der Waals surface area (Å²) >= 11 is 1.95. The number of aromatic nitrogens is 4. The number of benzene rings is 1. The van der Waals surface area contributed by atoms with Gasteiger partial charge < -0.3 is 15.5 Å². The molecule has 1 fully saturated rings. The number of hydrogen-bond donors (Lipinski definition) is 2. The molecule has 3 heterocycles. The number of urea groups is 1. The highest BCUT2D eigenvalue weighted by Gasteiger charge is 2.18. The zero-order chi connectivity index (χ0) is 20.1. The van der Waals surface area contributed by atoms with Crippen molar-refractivity contribution in [1.82, 2.24) is 19.7 Å². The smallest absolute Gasteiger partial charge is 0.323 e. The Hall–Kier alpha value is -3.07. The lowest BCUT2D eigenvalue weighted by Crippen LogP contribution is -2.33. The van der Waals surface area contributed by atoms with Gasteiger partial charge in [-0.05, 0) is 24.1 Å². The van der Waals surface area contributed by atoms with Crippen molar-refractivity contribution < 1.29 is 4.79 Å². The summed E-state index contributed by atoms with van der Waals surface area (Å²) < 4.78 is 1.67. The molecule has 4 rings (SSSR count). The number of rotatable bonds is 5. The van der Waals surface area contributed by atoms with Gasteiger partial charge in [0.2, 0.25) is 0 Å². The second-order valence-electron chi connectivity index (χ2n) is 6.64. The van der Waals surface area contributed by atoms with Crippen molar-refractivity contribution in [1.29, 1.82) is 0 Å². The van der Waals surface area contributed by atoms with E-state index in [1.54, 1.807) is 17.1 Å². The molecular weight excluding hydrogens is 386 g/mol. The maximum absolute atomic E-state index is 12.3. The van der Waals surface area contributed by atoms with Crippen LogP contribution in [0.1, 0.15) is 12.5 Å². The molecule has 2 N–H and O–H groups in total. The van der Waals surface area contributed by atoms with Crippen molar-refractivity contribution in [3.63, 3.8) is 0 Å². The molecule has 1 aliphatic heterocycles. The molecule has 9 heteroatoms. The molecule has 0 unspecified atom stereocenters. The number of nitrogens with one attached hydrogen (secondary N) is 2. The van der Waals surface area contributed by atoms with Crippen molar-refractivity contribution in [2.75, 3.05) is 40.1 Å². The summed E-state index contributed by atoms with van der Waals surface area (Å²) in [6, 6.07) is 7.49. The fraction of sp³-hybridized carbons (Fsp3) is 0.300. The SMILES string of the molecule is CCc1cccc(NC(=O)Nc2cnn(-c3ncncc3N3CCSCC3)c2)c1. The van der Waals surface area contributed by atoms with Crippen LogP contribution in [0.15, 0.2) is 49.2 Å². The van der Waals surface area contributed by atoms with Gasteiger partial charge in [-0.3, -0.25) is 0 Å². The summed E-state index contributed by atoms with van der Waals surface area (Å²) in [5.74, 6) is 2.87. The van der Waals surface area contributed by atoms with E-state index in [1.807, 2.05) is 42.2 Å². The van der Waals surface area contributed by atoms with E-state index in [-0.39, 0.29) is 6.03 Å². The highest BCUT2D eigenvalue weighted by Crippen LogP contribution is 2.24. The summed E-state index contributed by atoms with van der Waals surface area (Å²) in [5, 5.41) is 10.1. The predicted octanol–water partition coefficient (Wildman–Crippen LogP) is 3.42. The van der Waals surface area contributed by atoms with E-state index in [4.69, 9.17) is 0 Å². The normalized spacial score (nSPS) is 13.9. The molecule has 1 saturated heterocycles. The van der Waals surface area contributed by atoms with E-state index in [9.17, 15) is 4.79 Å². The zero-order valence-electron chi connectivity index (χ0n) is 16.2. The third-order valence-electron chi connectivity index (χ3n) is 4.67. The van der Waals surface area contributed by atoms with Crippen LogP contribution in [-0.4, -0.2) is 50.4 Å². The standard InChI is InChI=1S/C20H23N7OS/c1-2-15-4-3-5-16(10-15)24-20(28)25-17-11-23-27(13-17)19-18(12-21-14-22-19)26-6-8-29-9-7-26/h3-5,10-14H,2,6-9H2,1H3,(H2,24,25,28). The molecule has 0 bridgehead atoms. The van der Waals surface area contributed by atoms with E-state index in [2.05, 4.69) is 37.5 Å². The number of thioether (sulfide) groups is 1. The van der Waals surface area contributed by atoms with Crippen molar-refractivity contribution >= 4 is 34.9 Å². The Kier molecular flexibility index (Phi) is 5.95. The van der Waals surface area contributed by atoms with Crippen LogP contribution in [0.3, 0.4) is 0 Å². The summed E-state index contributed by atoms with van der Waals surface area (Å²) in [4.78, 5) is 23.2. The number of aryl methyl sites for hydroxylation is 1. The van der Waals surface area contributed by atoms with Crippen molar-refractivity contribution in [2.24, 2.45) is 0 Å². The summed E-state index contributed by atoms with van der Waals surface area (Å²) in [6.45, 7) is 3.99. The van der Waals surface area contributed by atoms with E-state index >= 15 is 0 Å². The number of amides is 2. The van der Waals surface area contributed by atoms with E-state index in [0.29, 0.717) is 11.5 Å². The highest BCUT2D eigenvalue weighted by molar-refractivity contribution is 7.99. The maximum atomic E-state index is 12.3. The van der Waals surface area contributed by atoms with Crippen LogP contribution < -0.4 is 15.5 Å². The van der Waals surface area contributed by atoms with Gasteiger partial charge in [0.05, 0.1) is 24.3 Å². The van der Waals surface area contributed by atoms with Crippen LogP contribution in [0, 0.1) is 0 Å². The van der Waals surface area contributed by atoms with Crippen LogP contribution in [0.2, 0.25) is 0 Å². The van der Waals surface area contributed by atoms with Gasteiger partial charge in [0.15, 0.2) is 5.82 Å². The van der Waals surface area contributed by atoms with Crippen molar-refractivity contribution in [3.8, 4) is 5.82 Å². The Labute approximate surface area is 173 Å². The largest absolute Gasteiger partial charge is 0.366 e. The van der Waals surface area contributed by atoms with E-state index in [1.165, 1.54) is 11.9 Å². The third kappa shape index (κ3) is 4.68. The van der Waals surface area contributed by atoms with Crippen LogP contribution in [0.25, 0.3) is 5.82 Å². The lowest BCUT2D eigenvalue weighted by Gasteiger charge is -2.29. The predicted molar refractivity (Wildman–Crippen MR) is 117 cm³/mol. The number of anilines is 3. The Morgan fingerprint density at radius 1 is 1.17 bits per heavy atom. The summed E-state index contributed by atoms with van der Waals surface area (Å²) in [7, 11) is 0. The molecule has 0 aliphatic carbocycles. The lowest BCUT2D eigenvalue weighted by molar-refractivity contribution is 0.262. The minimum absolute atomic E-state index is 0.311. The molecule has 0 spiro atoms. The van der Waals surface area contributed by atoms with Gasteiger partial charge >= 0.3 is 6.03 Å². The van der Waals surface area contributed by atoms with Gasteiger partial charge in [0, 0.05) is 30.3 Å². The van der Waals surface area contributed by atoms with Crippen LogP contribution in [-0.2, 0) is 6.42 Å². The average Bonchev–Trinajstić information content (AvgIpc) is 3.22. The van der Waals surface area contributed by atoms with Gasteiger partial charge in [0.25, 0.3) is 0 Å². The molecule has 0 radical (unpaired) electrons. The van der Waals surface area contributed by atoms with Gasteiger partial charge in [-0.25, -0.2) is 19.4 Å². The van der Waals surface area contributed by atoms with Crippen LogP contribution in [0.5, 0.6) is 0 Å². The molecular formula is C20H23N7OS. The summed E-state index contributed by atoms with van der Waals surface area (Å²) in [6.07, 6.45) is 7.62. The zero-order valence-corrected chi connectivity index (χ0v) is 17.0. The number of carbonyl (C=O) groups excluding carboxylic acids is 1. The van der Waals surface area contributed by atoms with Crippen LogP contribution >= 0.6 is 11.8 Å². The minimum Gasteiger partial charge on any atom is -0.366 e.